The van der Waals surface area contributed by atoms with E-state index in [0.717, 1.165) is 12.5 Å². The highest BCUT2D eigenvalue weighted by molar-refractivity contribution is 5.78. The van der Waals surface area contributed by atoms with Crippen molar-refractivity contribution < 1.29 is 9.72 Å². The zero-order valence-electron chi connectivity index (χ0n) is 13.1. The maximum absolute atomic E-state index is 12.2. The lowest BCUT2D eigenvalue weighted by Crippen LogP contribution is -2.51. The molecule has 7 heteroatoms. The van der Waals surface area contributed by atoms with E-state index >= 15 is 0 Å². The molecule has 2 fully saturated rings. The molecular formula is C16H22N4O3. The van der Waals surface area contributed by atoms with Crippen molar-refractivity contribution in [3.05, 3.63) is 34.4 Å². The number of rotatable bonds is 6. The van der Waals surface area contributed by atoms with Crippen molar-refractivity contribution in [3.8, 4) is 0 Å². The molecule has 0 atom stereocenters. The Labute approximate surface area is 135 Å². The molecule has 1 aromatic rings. The van der Waals surface area contributed by atoms with Crippen LogP contribution in [0.25, 0.3) is 0 Å². The Kier molecular flexibility index (Phi) is 4.76. The lowest BCUT2D eigenvalue weighted by atomic mass is 10.2. The van der Waals surface area contributed by atoms with Crippen molar-refractivity contribution in [2.24, 2.45) is 5.92 Å². The summed E-state index contributed by atoms with van der Waals surface area (Å²) in [5.74, 6) is 0.881. The minimum Gasteiger partial charge on any atom is -0.362 e. The topological polar surface area (TPSA) is 78.7 Å². The first-order valence-corrected chi connectivity index (χ1v) is 8.12. The quantitative estimate of drug-likeness (QED) is 0.631. The van der Waals surface area contributed by atoms with Crippen LogP contribution in [0.1, 0.15) is 12.8 Å². The van der Waals surface area contributed by atoms with Gasteiger partial charge in [-0.15, -0.1) is 0 Å². The average molecular weight is 318 g/mol. The van der Waals surface area contributed by atoms with E-state index < -0.39 is 0 Å². The number of nitrogens with one attached hydrogen (secondary N) is 1. The number of nitro benzene ring substituents is 1. The molecule has 0 radical (unpaired) electrons. The van der Waals surface area contributed by atoms with E-state index in [9.17, 15) is 14.9 Å². The number of amides is 1. The van der Waals surface area contributed by atoms with E-state index in [1.807, 2.05) is 15.9 Å². The van der Waals surface area contributed by atoms with Gasteiger partial charge in [-0.1, -0.05) is 12.1 Å². The number of carbonyl (C=O) groups excluding carboxylic acids is 1. The number of nitro groups is 1. The molecule has 1 N–H and O–H groups in total. The van der Waals surface area contributed by atoms with Gasteiger partial charge in [-0.3, -0.25) is 14.9 Å². The Bertz CT molecular complexity index is 580. The van der Waals surface area contributed by atoms with E-state index in [1.165, 1.54) is 18.9 Å². The van der Waals surface area contributed by atoms with Gasteiger partial charge in [0.25, 0.3) is 5.69 Å². The third kappa shape index (κ3) is 3.98. The Hall–Kier alpha value is -2.15. The second kappa shape index (κ2) is 6.95. The summed E-state index contributed by atoms with van der Waals surface area (Å²) in [5, 5.41) is 14.3. The number of piperazine rings is 1. The van der Waals surface area contributed by atoms with Crippen LogP contribution in [0, 0.1) is 16.0 Å². The van der Waals surface area contributed by atoms with Crippen molar-refractivity contribution in [3.63, 3.8) is 0 Å². The number of para-hydroxylation sites is 2. The molecule has 1 saturated heterocycles. The van der Waals surface area contributed by atoms with Crippen LogP contribution in [0.15, 0.2) is 24.3 Å². The Morgan fingerprint density at radius 3 is 2.57 bits per heavy atom. The second-order valence-corrected chi connectivity index (χ2v) is 6.19. The average Bonchev–Trinajstić information content (AvgIpc) is 3.39. The third-order valence-electron chi connectivity index (χ3n) is 4.46. The molecule has 1 saturated carbocycles. The minimum atomic E-state index is -0.353. The second-order valence-electron chi connectivity index (χ2n) is 6.19. The lowest BCUT2D eigenvalue weighted by Gasteiger charge is -2.35. The fourth-order valence-corrected chi connectivity index (χ4v) is 2.90. The molecule has 23 heavy (non-hydrogen) atoms. The van der Waals surface area contributed by atoms with Crippen molar-refractivity contribution in [2.75, 3.05) is 44.2 Å². The van der Waals surface area contributed by atoms with Crippen molar-refractivity contribution in [1.29, 1.82) is 0 Å². The molecule has 0 aromatic heterocycles. The molecule has 3 rings (SSSR count). The van der Waals surface area contributed by atoms with Gasteiger partial charge in [0, 0.05) is 32.2 Å². The first-order chi connectivity index (χ1) is 11.1. The maximum atomic E-state index is 12.2. The number of anilines is 1. The number of hydrogen-bond acceptors (Lipinski definition) is 5. The van der Waals surface area contributed by atoms with Gasteiger partial charge in [0.15, 0.2) is 0 Å². The standard InChI is InChI=1S/C16H22N4O3/c21-16(12-17-11-13-5-6-13)19-9-7-18(8-10-19)14-3-1-2-4-15(14)20(22)23/h1-4,13,17H,5-12H2. The summed E-state index contributed by atoms with van der Waals surface area (Å²) in [6, 6.07) is 6.77. The van der Waals surface area contributed by atoms with Crippen LogP contribution in [0.2, 0.25) is 0 Å². The van der Waals surface area contributed by atoms with Gasteiger partial charge in [0.1, 0.15) is 5.69 Å². The predicted octanol–water partition coefficient (Wildman–Crippen LogP) is 1.24. The number of hydrogen-bond donors (Lipinski definition) is 1. The van der Waals surface area contributed by atoms with E-state index in [2.05, 4.69) is 5.32 Å². The molecule has 2 aliphatic rings. The lowest BCUT2D eigenvalue weighted by molar-refractivity contribution is -0.384. The highest BCUT2D eigenvalue weighted by Crippen LogP contribution is 2.28. The molecule has 1 heterocycles. The Balaban J connectivity index is 1.51. The Morgan fingerprint density at radius 2 is 1.91 bits per heavy atom. The molecule has 0 unspecified atom stereocenters. The number of nitrogens with zero attached hydrogens (tertiary/aromatic N) is 3. The van der Waals surface area contributed by atoms with Crippen LogP contribution in [-0.2, 0) is 4.79 Å². The van der Waals surface area contributed by atoms with Crippen LogP contribution in [0.4, 0.5) is 11.4 Å². The van der Waals surface area contributed by atoms with Gasteiger partial charge in [-0.25, -0.2) is 0 Å². The fraction of sp³-hybridized carbons (Fsp3) is 0.562. The van der Waals surface area contributed by atoms with Crippen LogP contribution in [-0.4, -0.2) is 55.0 Å². The summed E-state index contributed by atoms with van der Waals surface area (Å²) in [5.41, 5.74) is 0.759. The van der Waals surface area contributed by atoms with Gasteiger partial charge < -0.3 is 15.1 Å². The largest absolute Gasteiger partial charge is 0.362 e. The van der Waals surface area contributed by atoms with Gasteiger partial charge in [-0.2, -0.15) is 0 Å². The zero-order valence-corrected chi connectivity index (χ0v) is 13.1. The first-order valence-electron chi connectivity index (χ1n) is 8.12. The smallest absolute Gasteiger partial charge is 0.292 e. The molecule has 0 spiro atoms. The zero-order chi connectivity index (χ0) is 16.2. The van der Waals surface area contributed by atoms with Gasteiger partial charge in [0.05, 0.1) is 11.5 Å². The highest BCUT2D eigenvalue weighted by Gasteiger charge is 2.26. The van der Waals surface area contributed by atoms with Gasteiger partial charge in [-0.05, 0) is 31.4 Å². The highest BCUT2D eigenvalue weighted by atomic mass is 16.6. The summed E-state index contributed by atoms with van der Waals surface area (Å²) >= 11 is 0. The fourth-order valence-electron chi connectivity index (χ4n) is 2.90. The van der Waals surface area contributed by atoms with Crippen LogP contribution >= 0.6 is 0 Å². The third-order valence-corrected chi connectivity index (χ3v) is 4.46. The number of benzene rings is 1. The van der Waals surface area contributed by atoms with E-state index in [4.69, 9.17) is 0 Å². The Morgan fingerprint density at radius 1 is 1.22 bits per heavy atom. The molecule has 1 aliphatic heterocycles. The molecule has 1 amide bonds. The molecule has 124 valence electrons. The minimum absolute atomic E-state index is 0.118. The van der Waals surface area contributed by atoms with Crippen LogP contribution in [0.3, 0.4) is 0 Å². The normalized spacial score (nSPS) is 18.1. The summed E-state index contributed by atoms with van der Waals surface area (Å²) in [7, 11) is 0. The van der Waals surface area contributed by atoms with Crippen molar-refractivity contribution >= 4 is 17.3 Å². The summed E-state index contributed by atoms with van der Waals surface area (Å²) in [6.45, 7) is 3.79. The molecule has 7 nitrogen and oxygen atoms in total. The first kappa shape index (κ1) is 15.7. The molecular weight excluding hydrogens is 296 g/mol. The molecule has 1 aliphatic carbocycles. The summed E-state index contributed by atoms with van der Waals surface area (Å²) in [4.78, 5) is 26.7. The van der Waals surface area contributed by atoms with Crippen molar-refractivity contribution in [2.45, 2.75) is 12.8 Å². The van der Waals surface area contributed by atoms with Crippen molar-refractivity contribution in [1.82, 2.24) is 10.2 Å². The summed E-state index contributed by atoms with van der Waals surface area (Å²) in [6.07, 6.45) is 2.55. The van der Waals surface area contributed by atoms with Crippen LogP contribution < -0.4 is 10.2 Å². The molecule has 0 bridgehead atoms. The van der Waals surface area contributed by atoms with Gasteiger partial charge >= 0.3 is 0 Å². The predicted molar refractivity (Wildman–Crippen MR) is 87.5 cm³/mol. The maximum Gasteiger partial charge on any atom is 0.292 e. The summed E-state index contributed by atoms with van der Waals surface area (Å²) < 4.78 is 0. The monoisotopic (exact) mass is 318 g/mol. The van der Waals surface area contributed by atoms with E-state index in [0.29, 0.717) is 38.4 Å². The van der Waals surface area contributed by atoms with E-state index in [1.54, 1.807) is 12.1 Å². The van der Waals surface area contributed by atoms with Crippen LogP contribution in [0.5, 0.6) is 0 Å². The SMILES string of the molecule is O=C(CNCC1CC1)N1CCN(c2ccccc2[N+](=O)[O-])CC1. The number of carbonyl (C=O) groups is 1. The van der Waals surface area contributed by atoms with Gasteiger partial charge in [0.2, 0.25) is 5.91 Å². The van der Waals surface area contributed by atoms with E-state index in [-0.39, 0.29) is 16.5 Å². The molecule has 1 aromatic carbocycles.